The number of nitrogens with two attached hydrogens (primary N) is 12. The molecule has 96 heavy (non-hydrogen) atoms. The highest BCUT2D eigenvalue weighted by atomic mass is 16.8. The van der Waals surface area contributed by atoms with Gasteiger partial charge in [-0.25, -0.2) is 9.36 Å². The van der Waals surface area contributed by atoms with Gasteiger partial charge in [0.2, 0.25) is 0 Å². The Kier molecular flexibility index (Phi) is 26.3. The maximum absolute atomic E-state index is 12.0. The molecule has 2 aliphatic carbocycles. The predicted molar refractivity (Wildman–Crippen MR) is 318 cm³/mol. The maximum Gasteiger partial charge on any atom is 0.187 e. The van der Waals surface area contributed by atoms with Gasteiger partial charge in [-0.2, -0.15) is 0 Å². The third kappa shape index (κ3) is 16.2. The summed E-state index contributed by atoms with van der Waals surface area (Å²) in [5.74, 6) is 0. The Morgan fingerprint density at radius 3 is 0.906 bits per heavy atom. The van der Waals surface area contributed by atoms with E-state index >= 15 is 0 Å². The third-order valence-corrected chi connectivity index (χ3v) is 18.8. The Morgan fingerprint density at radius 1 is 0.344 bits per heavy atom. The van der Waals surface area contributed by atoms with Crippen LogP contribution in [0.15, 0.2) is 12.4 Å². The Labute approximate surface area is 549 Å². The van der Waals surface area contributed by atoms with Crippen LogP contribution in [0, 0.1) is 0 Å². The van der Waals surface area contributed by atoms with Crippen LogP contribution in [0.5, 0.6) is 0 Å². The summed E-state index contributed by atoms with van der Waals surface area (Å²) in [6, 6.07) is -9.30. The van der Waals surface area contributed by atoms with Gasteiger partial charge in [0.05, 0.1) is 75.1 Å². The number of hydrogen-bond acceptors (Lipinski definition) is 41. The maximum atomic E-state index is 12.0. The van der Waals surface area contributed by atoms with E-state index in [1.807, 2.05) is 0 Å². The molecule has 36 N–H and O–H groups in total. The smallest absolute Gasteiger partial charge is 0.187 e. The minimum absolute atomic E-state index is 0. The lowest BCUT2D eigenvalue weighted by atomic mass is 9.84. The molecule has 0 bridgehead atoms. The molecule has 0 aromatic carbocycles. The van der Waals surface area contributed by atoms with Crippen molar-refractivity contribution in [1.82, 2.24) is 30.0 Å². The van der Waals surface area contributed by atoms with E-state index < -0.39 is 233 Å². The first-order chi connectivity index (χ1) is 45.2. The first kappa shape index (κ1) is 77.0. The van der Waals surface area contributed by atoms with Gasteiger partial charge in [0.1, 0.15) is 146 Å². The van der Waals surface area contributed by atoms with Gasteiger partial charge >= 0.3 is 0 Å². The number of aliphatic hydroxyl groups excluding tert-OH is 12. The zero-order valence-electron chi connectivity index (χ0n) is 51.5. The zero-order chi connectivity index (χ0) is 68.8. The van der Waals surface area contributed by atoms with Crippen LogP contribution in [0.4, 0.5) is 0 Å². The van der Waals surface area contributed by atoms with Crippen molar-refractivity contribution in [2.24, 2.45) is 68.8 Å². The SMILES string of the molecule is C.NCC1O[C@H](OC2C(N)C[C@@H](N)C(O)[C@H]2O[C@@H]2O[C@H](Cn3cc(COCc4cn(C[C@H]5O[C@@H](O[C@H]6C(O[C@H]7OC(CN)C(O)[C@H](O)C7N)C(N)C[C@@H](N)C6O)[C@@H](O)C5O[C@H]5O[C@@H](CN)C(O)C(O)C5N)nn4)nn3)C(O[C@H]3O[C@@H](CN)C(O)C(O)C3N)[C@@H]2O)C(N)[C@@H](O)C1O. The second-order valence-electron chi connectivity index (χ2n) is 25.5. The summed E-state index contributed by atoms with van der Waals surface area (Å²) < 4.78 is 82.0. The molecule has 0 spiro atoms. The van der Waals surface area contributed by atoms with Crippen LogP contribution in [0.2, 0.25) is 0 Å². The average Bonchev–Trinajstić information content (AvgIpc) is 1.07. The Bertz CT molecular complexity index is 2540. The van der Waals surface area contributed by atoms with Crippen molar-refractivity contribution in [3.63, 3.8) is 0 Å². The lowest BCUT2D eigenvalue weighted by Gasteiger charge is -2.47. The Morgan fingerprint density at radius 2 is 0.615 bits per heavy atom. The molecule has 38 atom stereocenters. The van der Waals surface area contributed by atoms with Gasteiger partial charge in [0.25, 0.3) is 0 Å². The molecule has 6 aliphatic heterocycles. The summed E-state index contributed by atoms with van der Waals surface area (Å²) >= 11 is 0. The molecule has 2 aromatic heterocycles. The Hall–Kier alpha value is -3.20. The van der Waals surface area contributed by atoms with Crippen molar-refractivity contribution in [2.45, 2.75) is 279 Å². The van der Waals surface area contributed by atoms with Gasteiger partial charge in [-0.3, -0.25) is 0 Å². The minimum atomic E-state index is -1.74. The van der Waals surface area contributed by atoms with E-state index in [1.165, 1.54) is 21.8 Å². The molecule has 6 saturated heterocycles. The van der Waals surface area contributed by atoms with Crippen molar-refractivity contribution in [2.75, 3.05) is 26.2 Å². The predicted octanol–water partition coefficient (Wildman–Crippen LogP) is -16.5. The van der Waals surface area contributed by atoms with Crippen molar-refractivity contribution in [3.8, 4) is 0 Å². The third-order valence-electron chi connectivity index (χ3n) is 18.8. The summed E-state index contributed by atoms with van der Waals surface area (Å²) in [5, 5.41) is 149. The average molecular weight is 1390 g/mol. The second kappa shape index (κ2) is 32.8. The van der Waals surface area contributed by atoms with Crippen LogP contribution in [-0.4, -0.2) is 350 Å². The van der Waals surface area contributed by atoms with E-state index in [0.29, 0.717) is 0 Å². The zero-order valence-corrected chi connectivity index (χ0v) is 51.5. The fourth-order valence-corrected chi connectivity index (χ4v) is 13.1. The van der Waals surface area contributed by atoms with Crippen LogP contribution in [-0.2, 0) is 87.9 Å². The topological polar surface area (TPSA) is 736 Å². The summed E-state index contributed by atoms with van der Waals surface area (Å²) in [4.78, 5) is 0. The number of ether oxygens (including phenoxy) is 13. The van der Waals surface area contributed by atoms with E-state index in [9.17, 15) is 61.3 Å². The molecular weight excluding hydrogens is 1290 g/mol. The van der Waals surface area contributed by atoms with Gasteiger partial charge in [-0.1, -0.05) is 17.9 Å². The highest BCUT2D eigenvalue weighted by molar-refractivity contribution is 5.06. The van der Waals surface area contributed by atoms with Crippen LogP contribution < -0.4 is 68.8 Å². The fourth-order valence-electron chi connectivity index (χ4n) is 13.1. The number of aromatic nitrogens is 6. The molecule has 43 heteroatoms. The first-order valence-electron chi connectivity index (χ1n) is 31.4. The van der Waals surface area contributed by atoms with Crippen molar-refractivity contribution < 1.29 is 123 Å². The number of aliphatic hydroxyl groups is 12. The largest absolute Gasteiger partial charge is 0.389 e. The Balaban J connectivity index is 0.0000108. The van der Waals surface area contributed by atoms with Crippen molar-refractivity contribution >= 4 is 0 Å². The van der Waals surface area contributed by atoms with Gasteiger partial charge < -0.3 is 192 Å². The minimum Gasteiger partial charge on any atom is -0.389 e. The van der Waals surface area contributed by atoms with E-state index in [1.54, 1.807) is 0 Å². The quantitative estimate of drug-likeness (QED) is 0.0464. The molecular formula is C53H100N18O25. The van der Waals surface area contributed by atoms with E-state index in [-0.39, 0.29) is 84.1 Å². The molecule has 552 valence electrons. The van der Waals surface area contributed by atoms with Crippen LogP contribution in [0.3, 0.4) is 0 Å². The van der Waals surface area contributed by atoms with Gasteiger partial charge in [0.15, 0.2) is 37.7 Å². The van der Waals surface area contributed by atoms with E-state index in [4.69, 9.17) is 130 Å². The summed E-state index contributed by atoms with van der Waals surface area (Å²) in [5.41, 5.74) is 74.5. The summed E-state index contributed by atoms with van der Waals surface area (Å²) in [7, 11) is 0. The van der Waals surface area contributed by atoms with Crippen LogP contribution in [0.25, 0.3) is 0 Å². The van der Waals surface area contributed by atoms with Gasteiger partial charge in [0, 0.05) is 50.3 Å². The monoisotopic (exact) mass is 1390 g/mol. The van der Waals surface area contributed by atoms with Gasteiger partial charge in [-0.15, -0.1) is 10.2 Å². The van der Waals surface area contributed by atoms with Gasteiger partial charge in [-0.05, 0) is 12.8 Å². The molecule has 2 aromatic rings. The molecule has 8 heterocycles. The molecule has 0 amide bonds. The lowest BCUT2D eigenvalue weighted by Crippen LogP contribution is -2.68. The van der Waals surface area contributed by atoms with Crippen molar-refractivity contribution in [1.29, 1.82) is 0 Å². The van der Waals surface area contributed by atoms with E-state index in [2.05, 4.69) is 20.6 Å². The molecule has 2 saturated carbocycles. The molecule has 8 aliphatic rings. The first-order valence-corrected chi connectivity index (χ1v) is 31.4. The number of hydrogen-bond donors (Lipinski definition) is 24. The molecule has 8 fully saturated rings. The fraction of sp³-hybridized carbons (Fsp3) is 0.925. The highest BCUT2D eigenvalue weighted by Gasteiger charge is 2.58. The molecule has 0 radical (unpaired) electrons. The normalized spacial score (nSPS) is 48.6. The summed E-state index contributed by atoms with van der Waals surface area (Å²) in [6.45, 7) is -1.77. The van der Waals surface area contributed by atoms with Crippen LogP contribution in [0.1, 0.15) is 31.7 Å². The molecule has 20 unspecified atom stereocenters. The number of nitrogens with zero attached hydrogens (tertiary/aromatic N) is 6. The molecule has 10 rings (SSSR count). The molecule has 43 nitrogen and oxygen atoms in total. The van der Waals surface area contributed by atoms with E-state index in [0.717, 1.165) is 0 Å². The highest BCUT2D eigenvalue weighted by Crippen LogP contribution is 2.38. The number of rotatable bonds is 24. The second-order valence-corrected chi connectivity index (χ2v) is 25.5. The summed E-state index contributed by atoms with van der Waals surface area (Å²) in [6.07, 6.45) is -40.2. The lowest BCUT2D eigenvalue weighted by molar-refractivity contribution is -0.306. The van der Waals surface area contributed by atoms with Crippen molar-refractivity contribution in [3.05, 3.63) is 23.8 Å². The standard InChI is InChI=1S/C52H96N18O25.CH4/c53-3-19-31(73)35(77)25(61)47(84-19)90-41-17(59)1-15(57)29(71)45(41)94-51-39(81)43(92-49-27(63)37(79)33(75)21(5-55)86-49)23(88-51)9-69-7-13(65-67-69)11-83-12-14-8-70(68-66-14)10-24-44(93-50-28(64)38(80)34(76)22(6-56)87-50)40(82)52(89-24)95-46-30(72)16(58)2-18(60)42(46)91-48-26(62)36(78)32(74)20(4-54)85-48;/h7-8,15-52,71-82H,1-6,9-12,53-64H2;1H4/t15-,16-,17?,18?,19?,20?,21+,22+,23-,24-,25?,26?,27?,28?,29?,30?,31?,32?,33?,34?,35-,36-,37?,38?,39+,40+,41?,42?,43?,44?,45-,46-,47-,48-,49-,50-,51+,52+;/m1./s1. The van der Waals surface area contributed by atoms with Crippen LogP contribution >= 0.6 is 0 Å².